The van der Waals surface area contributed by atoms with Crippen LogP contribution in [0.5, 0.6) is 0 Å². The molecule has 1 saturated heterocycles. The Bertz CT molecular complexity index is 931. The topological polar surface area (TPSA) is 78.8 Å². The SMILES string of the molecule is O=C1NC(=O)N(c2ccc(Br)cc2)C(=O)[C@H]1C=Nc1ccc(Br)c(Cl)c1. The van der Waals surface area contributed by atoms with Gasteiger partial charge in [0, 0.05) is 15.2 Å². The number of imide groups is 2. The fourth-order valence-electron chi connectivity index (χ4n) is 2.28. The van der Waals surface area contributed by atoms with Crippen LogP contribution in [0.1, 0.15) is 0 Å². The molecular formula is C17H10Br2ClN3O3. The third-order valence-corrected chi connectivity index (χ3v) is 5.32. The van der Waals surface area contributed by atoms with Crippen LogP contribution in [0.3, 0.4) is 0 Å². The van der Waals surface area contributed by atoms with Crippen LogP contribution in [0.2, 0.25) is 5.02 Å². The molecule has 1 N–H and O–H groups in total. The maximum absolute atomic E-state index is 12.7. The molecule has 0 aromatic heterocycles. The zero-order chi connectivity index (χ0) is 18.8. The number of nitrogens with one attached hydrogen (secondary N) is 1. The molecule has 2 aromatic carbocycles. The first-order valence-corrected chi connectivity index (χ1v) is 9.27. The van der Waals surface area contributed by atoms with Crippen molar-refractivity contribution < 1.29 is 14.4 Å². The number of urea groups is 1. The summed E-state index contributed by atoms with van der Waals surface area (Å²) < 4.78 is 1.50. The number of amides is 4. The van der Waals surface area contributed by atoms with Crippen molar-refractivity contribution in [3.05, 3.63) is 56.4 Å². The second-order valence-electron chi connectivity index (χ2n) is 5.30. The van der Waals surface area contributed by atoms with Crippen LogP contribution in [0.4, 0.5) is 16.2 Å². The smallest absolute Gasteiger partial charge is 0.276 e. The van der Waals surface area contributed by atoms with Gasteiger partial charge in [-0.2, -0.15) is 0 Å². The van der Waals surface area contributed by atoms with Gasteiger partial charge in [-0.25, -0.2) is 9.69 Å². The van der Waals surface area contributed by atoms with E-state index in [2.05, 4.69) is 42.2 Å². The number of nitrogens with zero attached hydrogens (tertiary/aromatic N) is 2. The van der Waals surface area contributed by atoms with E-state index in [0.29, 0.717) is 20.9 Å². The highest BCUT2D eigenvalue weighted by Crippen LogP contribution is 2.27. The number of rotatable bonds is 3. The molecule has 1 aliphatic rings. The fraction of sp³-hybridized carbons (Fsp3) is 0.0588. The molecule has 0 saturated carbocycles. The Morgan fingerprint density at radius 1 is 1.08 bits per heavy atom. The largest absolute Gasteiger partial charge is 0.335 e. The first-order chi connectivity index (χ1) is 12.4. The molecule has 0 aliphatic carbocycles. The van der Waals surface area contributed by atoms with E-state index >= 15 is 0 Å². The molecule has 1 atom stereocenters. The van der Waals surface area contributed by atoms with Crippen LogP contribution < -0.4 is 10.2 Å². The first-order valence-electron chi connectivity index (χ1n) is 7.30. The van der Waals surface area contributed by atoms with Crippen LogP contribution >= 0.6 is 43.5 Å². The molecule has 9 heteroatoms. The predicted molar refractivity (Wildman–Crippen MR) is 106 cm³/mol. The standard InChI is InChI=1S/C17H10Br2ClN3O3/c18-9-1-4-11(5-2-9)23-16(25)12(15(24)22-17(23)26)8-21-10-3-6-13(19)14(20)7-10/h1-8,12H,(H,22,24,26)/t12-/m0/s1. The van der Waals surface area contributed by atoms with E-state index in [4.69, 9.17) is 11.6 Å². The summed E-state index contributed by atoms with van der Waals surface area (Å²) in [5, 5.41) is 2.62. The van der Waals surface area contributed by atoms with E-state index in [9.17, 15) is 14.4 Å². The van der Waals surface area contributed by atoms with E-state index in [1.165, 1.54) is 6.21 Å². The quantitative estimate of drug-likeness (QED) is 0.500. The minimum Gasteiger partial charge on any atom is -0.276 e. The molecule has 6 nitrogen and oxygen atoms in total. The summed E-state index contributed by atoms with van der Waals surface area (Å²) in [6.07, 6.45) is 1.20. The van der Waals surface area contributed by atoms with Crippen molar-refractivity contribution in [1.29, 1.82) is 0 Å². The summed E-state index contributed by atoms with van der Waals surface area (Å²) in [6, 6.07) is 10.8. The Kier molecular flexibility index (Phi) is 5.55. The molecule has 0 spiro atoms. The van der Waals surface area contributed by atoms with Gasteiger partial charge in [-0.05, 0) is 58.4 Å². The number of aliphatic imine (C=N–C) groups is 1. The van der Waals surface area contributed by atoms with Crippen LogP contribution in [0.15, 0.2) is 56.4 Å². The fourth-order valence-corrected chi connectivity index (χ4v) is 2.97. The van der Waals surface area contributed by atoms with Gasteiger partial charge in [0.15, 0.2) is 5.92 Å². The monoisotopic (exact) mass is 497 g/mol. The zero-order valence-corrected chi connectivity index (χ0v) is 16.9. The predicted octanol–water partition coefficient (Wildman–Crippen LogP) is 4.47. The van der Waals surface area contributed by atoms with E-state index < -0.39 is 23.8 Å². The maximum atomic E-state index is 12.7. The number of hydrogen-bond donors (Lipinski definition) is 1. The van der Waals surface area contributed by atoms with E-state index in [1.807, 2.05) is 0 Å². The third-order valence-electron chi connectivity index (χ3n) is 3.56. The number of benzene rings is 2. The highest BCUT2D eigenvalue weighted by atomic mass is 79.9. The van der Waals surface area contributed by atoms with Gasteiger partial charge in [0.2, 0.25) is 5.91 Å². The number of barbiturate groups is 1. The van der Waals surface area contributed by atoms with Crippen molar-refractivity contribution in [2.24, 2.45) is 10.9 Å². The molecule has 4 amide bonds. The summed E-state index contributed by atoms with van der Waals surface area (Å²) in [7, 11) is 0. The van der Waals surface area contributed by atoms with Crippen molar-refractivity contribution in [1.82, 2.24) is 5.32 Å². The summed E-state index contributed by atoms with van der Waals surface area (Å²) in [4.78, 5) is 41.9. The lowest BCUT2D eigenvalue weighted by Crippen LogP contribution is -2.58. The summed E-state index contributed by atoms with van der Waals surface area (Å²) >= 11 is 12.6. The van der Waals surface area contributed by atoms with Gasteiger partial charge >= 0.3 is 6.03 Å². The molecule has 132 valence electrons. The Morgan fingerprint density at radius 3 is 2.42 bits per heavy atom. The highest BCUT2D eigenvalue weighted by molar-refractivity contribution is 9.10. The molecule has 2 aromatic rings. The van der Waals surface area contributed by atoms with Gasteiger partial charge in [0.05, 0.1) is 16.4 Å². The lowest BCUT2D eigenvalue weighted by Gasteiger charge is -2.28. The maximum Gasteiger partial charge on any atom is 0.335 e. The molecule has 26 heavy (non-hydrogen) atoms. The van der Waals surface area contributed by atoms with E-state index in [-0.39, 0.29) is 0 Å². The number of hydrogen-bond acceptors (Lipinski definition) is 4. The van der Waals surface area contributed by atoms with Crippen molar-refractivity contribution in [2.45, 2.75) is 0 Å². The average molecular weight is 500 g/mol. The minimum atomic E-state index is -1.22. The first kappa shape index (κ1) is 18.8. The zero-order valence-electron chi connectivity index (χ0n) is 12.9. The molecule has 0 unspecified atom stereocenters. The molecule has 1 aliphatic heterocycles. The Morgan fingerprint density at radius 2 is 1.77 bits per heavy atom. The van der Waals surface area contributed by atoms with Gasteiger partial charge in [-0.1, -0.05) is 27.5 Å². The molecule has 1 heterocycles. The van der Waals surface area contributed by atoms with Crippen LogP contribution in [0, 0.1) is 5.92 Å². The normalized spacial score (nSPS) is 17.7. The van der Waals surface area contributed by atoms with Crippen LogP contribution in [-0.4, -0.2) is 24.1 Å². The molecule has 1 fully saturated rings. The molecule has 3 rings (SSSR count). The molecule has 0 radical (unpaired) electrons. The second kappa shape index (κ2) is 7.69. The highest BCUT2D eigenvalue weighted by Gasteiger charge is 2.40. The summed E-state index contributed by atoms with van der Waals surface area (Å²) in [5.74, 6) is -2.62. The Balaban J connectivity index is 1.88. The second-order valence-corrected chi connectivity index (χ2v) is 7.48. The van der Waals surface area contributed by atoms with E-state index in [0.717, 1.165) is 9.37 Å². The summed E-state index contributed by atoms with van der Waals surface area (Å²) in [5.41, 5.74) is 0.833. The number of carbonyl (C=O) groups excluding carboxylic acids is 3. The lowest BCUT2D eigenvalue weighted by molar-refractivity contribution is -0.131. The van der Waals surface area contributed by atoms with Gasteiger partial charge in [0.25, 0.3) is 5.91 Å². The average Bonchev–Trinajstić information content (AvgIpc) is 2.59. The molecular weight excluding hydrogens is 489 g/mol. The third kappa shape index (κ3) is 3.87. The van der Waals surface area contributed by atoms with Crippen molar-refractivity contribution in [3.8, 4) is 0 Å². The number of halogens is 3. The Hall–Kier alpha value is -2.03. The number of carbonyl (C=O) groups is 3. The minimum absolute atomic E-state index is 0.355. The van der Waals surface area contributed by atoms with Gasteiger partial charge in [-0.3, -0.25) is 19.9 Å². The van der Waals surface area contributed by atoms with E-state index in [1.54, 1.807) is 42.5 Å². The van der Waals surface area contributed by atoms with Gasteiger partial charge in [-0.15, -0.1) is 0 Å². The lowest BCUT2D eigenvalue weighted by atomic mass is 10.1. The molecule has 0 bridgehead atoms. The van der Waals surface area contributed by atoms with Crippen molar-refractivity contribution >= 4 is 78.9 Å². The van der Waals surface area contributed by atoms with Crippen LogP contribution in [0.25, 0.3) is 0 Å². The Labute approximate surface area is 170 Å². The number of anilines is 1. The van der Waals surface area contributed by atoms with Crippen LogP contribution in [-0.2, 0) is 9.59 Å². The van der Waals surface area contributed by atoms with Crippen molar-refractivity contribution in [2.75, 3.05) is 4.90 Å². The van der Waals surface area contributed by atoms with Gasteiger partial charge < -0.3 is 0 Å². The summed E-state index contributed by atoms with van der Waals surface area (Å²) in [6.45, 7) is 0. The van der Waals surface area contributed by atoms with Crippen molar-refractivity contribution in [3.63, 3.8) is 0 Å². The van der Waals surface area contributed by atoms with Gasteiger partial charge in [0.1, 0.15) is 0 Å².